The van der Waals surface area contributed by atoms with Crippen LogP contribution in [0.2, 0.25) is 0 Å². The van der Waals surface area contributed by atoms with E-state index in [9.17, 15) is 9.59 Å². The molecule has 0 fully saturated rings. The third-order valence-electron chi connectivity index (χ3n) is 3.99. The number of carbonyl (C=O) groups excluding carboxylic acids is 2. The molecule has 146 valence electrons. The van der Waals surface area contributed by atoms with Gasteiger partial charge in [-0.3, -0.25) is 4.79 Å². The van der Waals surface area contributed by atoms with Crippen molar-refractivity contribution in [3.63, 3.8) is 0 Å². The number of benzene rings is 2. The lowest BCUT2D eigenvalue weighted by Gasteiger charge is -2.18. The molecule has 28 heavy (non-hydrogen) atoms. The van der Waals surface area contributed by atoms with Crippen LogP contribution in [0.1, 0.15) is 11.1 Å². The van der Waals surface area contributed by atoms with Crippen LogP contribution < -0.4 is 9.64 Å². The molecular weight excluding hydrogens is 358 g/mol. The summed E-state index contributed by atoms with van der Waals surface area (Å²) in [6.07, 6.45) is 0. The molecule has 0 unspecified atom stereocenters. The second-order valence-electron chi connectivity index (χ2n) is 6.40. The van der Waals surface area contributed by atoms with Gasteiger partial charge in [0, 0.05) is 33.4 Å². The zero-order valence-electron chi connectivity index (χ0n) is 16.2. The van der Waals surface area contributed by atoms with Crippen molar-refractivity contribution in [1.82, 2.24) is 4.90 Å². The highest BCUT2D eigenvalue weighted by molar-refractivity contribution is 5.80. The van der Waals surface area contributed by atoms with Gasteiger partial charge in [-0.2, -0.15) is 5.26 Å². The van der Waals surface area contributed by atoms with Crippen LogP contribution in [0.25, 0.3) is 0 Å². The van der Waals surface area contributed by atoms with Crippen molar-refractivity contribution in [3.05, 3.63) is 59.7 Å². The Kier molecular flexibility index (Phi) is 7.40. The minimum absolute atomic E-state index is 0.302. The predicted octanol–water partition coefficient (Wildman–Crippen LogP) is 2.20. The summed E-state index contributed by atoms with van der Waals surface area (Å²) in [5.41, 5.74) is 2.56. The molecule has 0 aliphatic rings. The maximum absolute atomic E-state index is 12.1. The van der Waals surface area contributed by atoms with Crippen LogP contribution in [0.15, 0.2) is 48.5 Å². The van der Waals surface area contributed by atoms with Crippen LogP contribution >= 0.6 is 0 Å². The molecule has 0 aromatic heterocycles. The maximum Gasteiger partial charge on any atom is 0.344 e. The second-order valence-corrected chi connectivity index (χ2v) is 6.40. The molecule has 0 spiro atoms. The zero-order chi connectivity index (χ0) is 20.5. The van der Waals surface area contributed by atoms with Crippen molar-refractivity contribution < 1.29 is 19.1 Å². The number of nitriles is 1. The van der Waals surface area contributed by atoms with Crippen molar-refractivity contribution >= 4 is 17.6 Å². The van der Waals surface area contributed by atoms with Crippen LogP contribution in [0.4, 0.5) is 5.69 Å². The van der Waals surface area contributed by atoms with E-state index in [0.717, 1.165) is 11.3 Å². The van der Waals surface area contributed by atoms with Gasteiger partial charge in [-0.05, 0) is 42.0 Å². The topological polar surface area (TPSA) is 82.9 Å². The Morgan fingerprint density at radius 1 is 0.964 bits per heavy atom. The SMILES string of the molecule is CN(Cc1ccc(N(C)C)cc1)C(=O)COC(=O)COc1ccc(C#N)cc1. The van der Waals surface area contributed by atoms with Gasteiger partial charge in [0.25, 0.3) is 5.91 Å². The van der Waals surface area contributed by atoms with Gasteiger partial charge >= 0.3 is 5.97 Å². The average molecular weight is 381 g/mol. The maximum atomic E-state index is 12.1. The largest absolute Gasteiger partial charge is 0.482 e. The minimum atomic E-state index is -0.638. The van der Waals surface area contributed by atoms with Gasteiger partial charge in [0.1, 0.15) is 5.75 Å². The number of hydrogen-bond acceptors (Lipinski definition) is 6. The van der Waals surface area contributed by atoms with Crippen molar-refractivity contribution in [2.75, 3.05) is 39.3 Å². The predicted molar refractivity (Wildman–Crippen MR) is 105 cm³/mol. The van der Waals surface area contributed by atoms with Gasteiger partial charge < -0.3 is 19.3 Å². The summed E-state index contributed by atoms with van der Waals surface area (Å²) in [6, 6.07) is 16.2. The lowest BCUT2D eigenvalue weighted by molar-refractivity contribution is -0.153. The van der Waals surface area contributed by atoms with E-state index in [1.165, 1.54) is 4.90 Å². The Hall–Kier alpha value is -3.53. The first-order valence-electron chi connectivity index (χ1n) is 8.68. The Bertz CT molecular complexity index is 839. The smallest absolute Gasteiger partial charge is 0.344 e. The molecule has 0 N–H and O–H groups in total. The third kappa shape index (κ3) is 6.32. The molecule has 7 nitrogen and oxygen atoms in total. The molecule has 0 saturated heterocycles. The summed E-state index contributed by atoms with van der Waals surface area (Å²) in [5.74, 6) is -0.495. The number of ether oxygens (including phenoxy) is 2. The first kappa shape index (κ1) is 20.8. The van der Waals surface area contributed by atoms with E-state index in [1.807, 2.05) is 49.3 Å². The molecule has 0 heterocycles. The normalized spacial score (nSPS) is 9.93. The van der Waals surface area contributed by atoms with Crippen LogP contribution in [0.5, 0.6) is 5.75 Å². The molecule has 0 saturated carbocycles. The van der Waals surface area contributed by atoms with Crippen LogP contribution in [0.3, 0.4) is 0 Å². The van der Waals surface area contributed by atoms with Gasteiger partial charge in [-0.1, -0.05) is 12.1 Å². The Morgan fingerprint density at radius 2 is 1.61 bits per heavy atom. The highest BCUT2D eigenvalue weighted by Crippen LogP contribution is 2.14. The Morgan fingerprint density at radius 3 is 2.18 bits per heavy atom. The van der Waals surface area contributed by atoms with Gasteiger partial charge in [0.2, 0.25) is 0 Å². The first-order valence-corrected chi connectivity index (χ1v) is 8.68. The van der Waals surface area contributed by atoms with Crippen LogP contribution in [-0.4, -0.2) is 51.1 Å². The van der Waals surface area contributed by atoms with E-state index in [1.54, 1.807) is 31.3 Å². The molecule has 0 atom stereocenters. The summed E-state index contributed by atoms with van der Waals surface area (Å²) >= 11 is 0. The summed E-state index contributed by atoms with van der Waals surface area (Å²) in [5, 5.41) is 8.74. The van der Waals surface area contributed by atoms with E-state index >= 15 is 0 Å². The highest BCUT2D eigenvalue weighted by atomic mass is 16.6. The number of likely N-dealkylation sites (N-methyl/N-ethyl adjacent to an activating group) is 1. The van der Waals surface area contributed by atoms with Gasteiger partial charge in [0.15, 0.2) is 13.2 Å². The van der Waals surface area contributed by atoms with E-state index in [0.29, 0.717) is 17.9 Å². The third-order valence-corrected chi connectivity index (χ3v) is 3.99. The zero-order valence-corrected chi connectivity index (χ0v) is 16.2. The van der Waals surface area contributed by atoms with E-state index in [-0.39, 0.29) is 19.1 Å². The fourth-order valence-electron chi connectivity index (χ4n) is 2.32. The highest BCUT2D eigenvalue weighted by Gasteiger charge is 2.13. The molecule has 2 aromatic rings. The lowest BCUT2D eigenvalue weighted by atomic mass is 10.2. The number of anilines is 1. The Labute approximate surface area is 164 Å². The molecule has 0 radical (unpaired) electrons. The molecule has 0 aliphatic carbocycles. The lowest BCUT2D eigenvalue weighted by Crippen LogP contribution is -2.31. The molecule has 0 aliphatic heterocycles. The van der Waals surface area contributed by atoms with Crippen molar-refractivity contribution in [2.24, 2.45) is 0 Å². The quantitative estimate of drug-likeness (QED) is 0.652. The van der Waals surface area contributed by atoms with E-state index < -0.39 is 5.97 Å². The standard InChI is InChI=1S/C21H23N3O4/c1-23(2)18-8-4-17(5-9-18)13-24(3)20(25)14-28-21(26)15-27-19-10-6-16(12-22)7-11-19/h4-11H,13-15H2,1-3H3. The number of hydrogen-bond donors (Lipinski definition) is 0. The second kappa shape index (κ2) is 9.97. The number of rotatable bonds is 8. The molecule has 1 amide bonds. The van der Waals surface area contributed by atoms with Gasteiger partial charge in [0.05, 0.1) is 11.6 Å². The number of nitrogens with zero attached hydrogens (tertiary/aromatic N) is 3. The molecule has 0 bridgehead atoms. The minimum Gasteiger partial charge on any atom is -0.482 e. The number of amides is 1. The van der Waals surface area contributed by atoms with Crippen molar-refractivity contribution in [2.45, 2.75) is 6.54 Å². The summed E-state index contributed by atoms with van der Waals surface area (Å²) in [7, 11) is 5.58. The van der Waals surface area contributed by atoms with Gasteiger partial charge in [-0.15, -0.1) is 0 Å². The summed E-state index contributed by atoms with van der Waals surface area (Å²) in [4.78, 5) is 27.4. The number of esters is 1. The fraction of sp³-hybridized carbons (Fsp3) is 0.286. The molecule has 2 aromatic carbocycles. The molecule has 7 heteroatoms. The van der Waals surface area contributed by atoms with E-state index in [2.05, 4.69) is 0 Å². The Balaban J connectivity index is 1.73. The molecule has 2 rings (SSSR count). The van der Waals surface area contributed by atoms with Gasteiger partial charge in [-0.25, -0.2) is 4.79 Å². The first-order chi connectivity index (χ1) is 13.4. The van der Waals surface area contributed by atoms with Crippen molar-refractivity contribution in [3.8, 4) is 11.8 Å². The van der Waals surface area contributed by atoms with E-state index in [4.69, 9.17) is 14.7 Å². The molecular formula is C21H23N3O4. The monoisotopic (exact) mass is 381 g/mol. The van der Waals surface area contributed by atoms with Crippen LogP contribution in [-0.2, 0) is 20.9 Å². The average Bonchev–Trinajstić information content (AvgIpc) is 2.71. The van der Waals surface area contributed by atoms with Crippen molar-refractivity contribution in [1.29, 1.82) is 5.26 Å². The summed E-state index contributed by atoms with van der Waals surface area (Å²) < 4.78 is 10.2. The summed E-state index contributed by atoms with van der Waals surface area (Å²) in [6.45, 7) is -0.234. The fourth-order valence-corrected chi connectivity index (χ4v) is 2.32. The number of carbonyl (C=O) groups is 2. The van der Waals surface area contributed by atoms with Crippen LogP contribution in [0, 0.1) is 11.3 Å².